The summed E-state index contributed by atoms with van der Waals surface area (Å²) in [6.07, 6.45) is 1.75. The van der Waals surface area contributed by atoms with Gasteiger partial charge in [-0.1, -0.05) is 41.9 Å². The molecule has 5 nitrogen and oxygen atoms in total. The molecule has 1 aliphatic heterocycles. The second kappa shape index (κ2) is 9.70. The first-order valence-corrected chi connectivity index (χ1v) is 12.8. The summed E-state index contributed by atoms with van der Waals surface area (Å²) in [5, 5.41) is 13.3. The van der Waals surface area contributed by atoms with Crippen LogP contribution < -0.4 is 4.90 Å². The first-order valence-electron chi connectivity index (χ1n) is 11.6. The third-order valence-corrected chi connectivity index (χ3v) is 7.78. The number of likely N-dealkylation sites (N-methyl/N-ethyl adjacent to an activating group) is 1. The van der Waals surface area contributed by atoms with E-state index in [-0.39, 0.29) is 5.57 Å². The van der Waals surface area contributed by atoms with E-state index in [0.29, 0.717) is 16.2 Å². The molecule has 0 bridgehead atoms. The monoisotopic (exact) mass is 523 g/mol. The van der Waals surface area contributed by atoms with Gasteiger partial charge in [0, 0.05) is 33.6 Å². The number of rotatable bonds is 4. The van der Waals surface area contributed by atoms with Crippen LogP contribution in [0.1, 0.15) is 17.4 Å². The molecule has 1 aliphatic rings. The number of benzene rings is 3. The van der Waals surface area contributed by atoms with Crippen LogP contribution in [0.4, 0.5) is 16.4 Å². The SMILES string of the molecule is CC1=C(C#N)C(=O)N(C)C(=O)/C1=C/c1ccc(N(c2ccc(Cl)cc2)c2ccc(C)c3ccccc23)s1. The van der Waals surface area contributed by atoms with Crippen LogP contribution in [0.2, 0.25) is 5.02 Å². The summed E-state index contributed by atoms with van der Waals surface area (Å²) in [6, 6.07) is 26.1. The second-order valence-corrected chi connectivity index (χ2v) is 10.3. The number of carbonyl (C=O) groups excluding carboxylic acids is 2. The third kappa shape index (κ3) is 4.33. The van der Waals surface area contributed by atoms with Crippen LogP contribution in [-0.4, -0.2) is 23.8 Å². The van der Waals surface area contributed by atoms with E-state index in [1.54, 1.807) is 13.0 Å². The summed E-state index contributed by atoms with van der Waals surface area (Å²) >= 11 is 7.71. The molecule has 2 heterocycles. The zero-order chi connectivity index (χ0) is 26.3. The third-order valence-electron chi connectivity index (χ3n) is 6.51. The van der Waals surface area contributed by atoms with Gasteiger partial charge in [0.15, 0.2) is 0 Å². The lowest BCUT2D eigenvalue weighted by molar-refractivity contribution is -0.138. The Hall–Kier alpha value is -4.18. The maximum Gasteiger partial charge on any atom is 0.271 e. The van der Waals surface area contributed by atoms with Gasteiger partial charge in [-0.25, -0.2) is 0 Å². The molecule has 0 fully saturated rings. The number of nitriles is 1. The number of anilines is 3. The number of aryl methyl sites for hydroxylation is 1. The van der Waals surface area contributed by atoms with Crippen molar-refractivity contribution in [2.45, 2.75) is 13.8 Å². The van der Waals surface area contributed by atoms with Gasteiger partial charge < -0.3 is 4.90 Å². The molecular formula is C30H22ClN3O2S. The fraction of sp³-hybridized carbons (Fsp3) is 0.100. The highest BCUT2D eigenvalue weighted by Crippen LogP contribution is 2.43. The van der Waals surface area contributed by atoms with Crippen LogP contribution >= 0.6 is 22.9 Å². The average molecular weight is 524 g/mol. The number of halogens is 1. The van der Waals surface area contributed by atoms with Crippen LogP contribution in [-0.2, 0) is 9.59 Å². The number of hydrogen-bond acceptors (Lipinski definition) is 5. The molecule has 4 aromatic rings. The quantitative estimate of drug-likeness (QED) is 0.204. The summed E-state index contributed by atoms with van der Waals surface area (Å²) < 4.78 is 0. The first-order chi connectivity index (χ1) is 17.8. The Kier molecular flexibility index (Phi) is 6.43. The van der Waals surface area contributed by atoms with E-state index in [9.17, 15) is 14.9 Å². The van der Waals surface area contributed by atoms with Crippen molar-refractivity contribution in [2.75, 3.05) is 11.9 Å². The van der Waals surface area contributed by atoms with Gasteiger partial charge in [-0.2, -0.15) is 5.26 Å². The average Bonchev–Trinajstić information content (AvgIpc) is 3.36. The van der Waals surface area contributed by atoms with Gasteiger partial charge in [-0.15, -0.1) is 11.3 Å². The number of fused-ring (bicyclic) bond motifs is 1. The highest BCUT2D eigenvalue weighted by molar-refractivity contribution is 7.17. The molecular weight excluding hydrogens is 502 g/mol. The maximum absolute atomic E-state index is 12.9. The predicted octanol–water partition coefficient (Wildman–Crippen LogP) is 7.56. The maximum atomic E-state index is 12.9. The Bertz CT molecular complexity index is 1680. The fourth-order valence-corrected chi connectivity index (χ4v) is 5.60. The van der Waals surface area contributed by atoms with Crippen molar-refractivity contribution in [2.24, 2.45) is 0 Å². The molecule has 2 amide bonds. The van der Waals surface area contributed by atoms with Crippen molar-refractivity contribution in [3.8, 4) is 6.07 Å². The van der Waals surface area contributed by atoms with Crippen molar-refractivity contribution in [3.05, 3.63) is 105 Å². The topological polar surface area (TPSA) is 64.4 Å². The van der Waals surface area contributed by atoms with E-state index in [2.05, 4.69) is 36.1 Å². The molecule has 0 N–H and O–H groups in total. The van der Waals surface area contributed by atoms with Crippen molar-refractivity contribution < 1.29 is 9.59 Å². The number of thiophene rings is 1. The summed E-state index contributed by atoms with van der Waals surface area (Å²) in [6.45, 7) is 3.74. The minimum Gasteiger partial charge on any atom is -0.301 e. The van der Waals surface area contributed by atoms with Gasteiger partial charge >= 0.3 is 0 Å². The summed E-state index contributed by atoms with van der Waals surface area (Å²) in [5.41, 5.74) is 3.87. The van der Waals surface area contributed by atoms with Gasteiger partial charge in [0.25, 0.3) is 11.8 Å². The van der Waals surface area contributed by atoms with E-state index < -0.39 is 11.8 Å². The summed E-state index contributed by atoms with van der Waals surface area (Å²) in [7, 11) is 1.40. The van der Waals surface area contributed by atoms with Gasteiger partial charge in [-0.05, 0) is 78.9 Å². The Labute approximate surface area is 224 Å². The van der Waals surface area contributed by atoms with Crippen LogP contribution in [0.15, 0.2) is 89.5 Å². The molecule has 0 saturated heterocycles. The van der Waals surface area contributed by atoms with Crippen molar-refractivity contribution in [1.82, 2.24) is 4.90 Å². The number of carbonyl (C=O) groups is 2. The lowest BCUT2D eigenvalue weighted by Gasteiger charge is -2.25. The van der Waals surface area contributed by atoms with E-state index >= 15 is 0 Å². The minimum absolute atomic E-state index is 0.0148. The molecule has 5 rings (SSSR count). The highest BCUT2D eigenvalue weighted by atomic mass is 35.5. The zero-order valence-corrected chi connectivity index (χ0v) is 22.0. The van der Waals surface area contributed by atoms with Crippen molar-refractivity contribution in [3.63, 3.8) is 0 Å². The molecule has 0 spiro atoms. The highest BCUT2D eigenvalue weighted by Gasteiger charge is 2.33. The molecule has 0 unspecified atom stereocenters. The van der Waals surface area contributed by atoms with Gasteiger partial charge in [0.2, 0.25) is 0 Å². The van der Waals surface area contributed by atoms with Crippen LogP contribution in [0.25, 0.3) is 16.8 Å². The minimum atomic E-state index is -0.575. The molecule has 1 aromatic heterocycles. The summed E-state index contributed by atoms with van der Waals surface area (Å²) in [5.74, 6) is -0.996. The van der Waals surface area contributed by atoms with E-state index in [1.165, 1.54) is 29.3 Å². The molecule has 3 aromatic carbocycles. The molecule has 0 radical (unpaired) electrons. The van der Waals surface area contributed by atoms with Crippen molar-refractivity contribution in [1.29, 1.82) is 5.26 Å². The zero-order valence-electron chi connectivity index (χ0n) is 20.4. The Morgan fingerprint density at radius 3 is 2.32 bits per heavy atom. The van der Waals surface area contributed by atoms with Crippen LogP contribution in [0.3, 0.4) is 0 Å². The van der Waals surface area contributed by atoms with Crippen LogP contribution in [0, 0.1) is 18.3 Å². The predicted molar refractivity (Wildman–Crippen MR) is 150 cm³/mol. The first kappa shape index (κ1) is 24.5. The van der Waals surface area contributed by atoms with E-state index in [0.717, 1.165) is 31.5 Å². The number of amides is 2. The Morgan fingerprint density at radius 2 is 1.62 bits per heavy atom. The molecule has 37 heavy (non-hydrogen) atoms. The van der Waals surface area contributed by atoms with Crippen LogP contribution in [0.5, 0.6) is 0 Å². The molecule has 182 valence electrons. The largest absolute Gasteiger partial charge is 0.301 e. The number of nitrogens with zero attached hydrogens (tertiary/aromatic N) is 3. The number of hydrogen-bond donors (Lipinski definition) is 0. The van der Waals surface area contributed by atoms with Gasteiger partial charge in [0.05, 0.1) is 5.69 Å². The standard InChI is InChI=1S/C30H22ClN3O2S/c1-18-8-14-27(24-7-5-4-6-23(18)24)34(21-11-9-20(31)10-12-21)28-15-13-22(37-28)16-25-19(2)26(17-32)30(36)33(3)29(25)35/h4-16H,1-3H3/b25-16+. The second-order valence-electron chi connectivity index (χ2n) is 8.77. The lowest BCUT2D eigenvalue weighted by atomic mass is 9.95. The van der Waals surface area contributed by atoms with E-state index in [4.69, 9.17) is 11.6 Å². The Morgan fingerprint density at radius 1 is 0.919 bits per heavy atom. The molecule has 0 aliphatic carbocycles. The molecule has 0 saturated carbocycles. The Balaban J connectivity index is 1.66. The lowest BCUT2D eigenvalue weighted by Crippen LogP contribution is -2.39. The van der Waals surface area contributed by atoms with E-state index in [1.807, 2.05) is 54.6 Å². The molecule has 7 heteroatoms. The molecule has 0 atom stereocenters. The fourth-order valence-electron chi connectivity index (χ4n) is 4.48. The van der Waals surface area contributed by atoms with Crippen molar-refractivity contribution >= 4 is 68.0 Å². The normalized spacial score (nSPS) is 15.0. The number of imide groups is 1. The smallest absolute Gasteiger partial charge is 0.271 e. The van der Waals surface area contributed by atoms with Gasteiger partial charge in [0.1, 0.15) is 16.6 Å². The summed E-state index contributed by atoms with van der Waals surface area (Å²) in [4.78, 5) is 29.2. The van der Waals surface area contributed by atoms with Gasteiger partial charge in [-0.3, -0.25) is 14.5 Å².